The molecule has 0 bridgehead atoms. The number of nitrogens with one attached hydrogen (secondary N) is 2. The summed E-state index contributed by atoms with van der Waals surface area (Å²) >= 11 is 2.00. The van der Waals surface area contributed by atoms with E-state index in [1.807, 2.05) is 42.1 Å². The lowest BCUT2D eigenvalue weighted by molar-refractivity contribution is 0.0948. The molecule has 4 nitrogen and oxygen atoms in total. The molecule has 0 spiro atoms. The highest BCUT2D eigenvalue weighted by Crippen LogP contribution is 2.17. The third-order valence-corrected chi connectivity index (χ3v) is 4.88. The second-order valence-corrected chi connectivity index (χ2v) is 6.55. The lowest BCUT2D eigenvalue weighted by atomic mass is 10.1. The van der Waals surface area contributed by atoms with Gasteiger partial charge in [0.05, 0.1) is 12.8 Å². The lowest BCUT2D eigenvalue weighted by Gasteiger charge is -2.12. The molecule has 0 aliphatic carbocycles. The van der Waals surface area contributed by atoms with Gasteiger partial charge in [-0.3, -0.25) is 4.79 Å². The van der Waals surface area contributed by atoms with Gasteiger partial charge in [0.2, 0.25) is 0 Å². The Hall–Kier alpha value is -1.72. The second kappa shape index (κ2) is 7.51. The van der Waals surface area contributed by atoms with Crippen LogP contribution < -0.4 is 10.6 Å². The van der Waals surface area contributed by atoms with E-state index in [0.717, 1.165) is 17.9 Å². The summed E-state index contributed by atoms with van der Waals surface area (Å²) in [7, 11) is 0. The molecule has 1 saturated heterocycles. The van der Waals surface area contributed by atoms with Crippen molar-refractivity contribution in [1.29, 1.82) is 0 Å². The van der Waals surface area contributed by atoms with Gasteiger partial charge in [-0.15, -0.1) is 0 Å². The van der Waals surface area contributed by atoms with E-state index in [9.17, 15) is 4.79 Å². The Morgan fingerprint density at radius 2 is 2.23 bits per heavy atom. The van der Waals surface area contributed by atoms with E-state index in [2.05, 4.69) is 16.7 Å². The van der Waals surface area contributed by atoms with Gasteiger partial charge < -0.3 is 15.1 Å². The van der Waals surface area contributed by atoms with Gasteiger partial charge in [-0.1, -0.05) is 12.1 Å². The third-order valence-electron chi connectivity index (χ3n) is 3.72. The van der Waals surface area contributed by atoms with Crippen molar-refractivity contribution in [1.82, 2.24) is 10.6 Å². The molecule has 0 unspecified atom stereocenters. The summed E-state index contributed by atoms with van der Waals surface area (Å²) < 4.78 is 5.21. The van der Waals surface area contributed by atoms with Crippen LogP contribution in [0.1, 0.15) is 28.1 Å². The zero-order chi connectivity index (χ0) is 15.2. The van der Waals surface area contributed by atoms with Crippen LogP contribution in [0, 0.1) is 0 Å². The maximum Gasteiger partial charge on any atom is 0.251 e. The zero-order valence-corrected chi connectivity index (χ0v) is 13.2. The average molecular weight is 316 g/mol. The first-order valence-corrected chi connectivity index (χ1v) is 8.67. The second-order valence-electron chi connectivity index (χ2n) is 5.40. The van der Waals surface area contributed by atoms with Crippen molar-refractivity contribution < 1.29 is 9.21 Å². The van der Waals surface area contributed by atoms with E-state index >= 15 is 0 Å². The van der Waals surface area contributed by atoms with Crippen LogP contribution in [0.3, 0.4) is 0 Å². The maximum atomic E-state index is 12.2. The predicted octanol–water partition coefficient (Wildman–Crippen LogP) is 2.80. The lowest BCUT2D eigenvalue weighted by Crippen LogP contribution is -2.28. The minimum absolute atomic E-state index is 0.0744. The van der Waals surface area contributed by atoms with Crippen molar-refractivity contribution >= 4 is 17.7 Å². The summed E-state index contributed by atoms with van der Waals surface area (Å²) in [5.74, 6) is 3.11. The fourth-order valence-corrected chi connectivity index (χ4v) is 3.65. The van der Waals surface area contributed by atoms with Crippen molar-refractivity contribution in [2.45, 2.75) is 25.6 Å². The zero-order valence-electron chi connectivity index (χ0n) is 12.4. The molecular weight excluding hydrogens is 296 g/mol. The van der Waals surface area contributed by atoms with E-state index in [-0.39, 0.29) is 5.91 Å². The monoisotopic (exact) mass is 316 g/mol. The summed E-state index contributed by atoms with van der Waals surface area (Å²) in [6.45, 7) is 1.22. The van der Waals surface area contributed by atoms with E-state index in [1.54, 1.807) is 6.26 Å². The Morgan fingerprint density at radius 3 is 3.00 bits per heavy atom. The highest BCUT2D eigenvalue weighted by molar-refractivity contribution is 7.99. The van der Waals surface area contributed by atoms with Gasteiger partial charge in [0.15, 0.2) is 0 Å². The van der Waals surface area contributed by atoms with Gasteiger partial charge in [0, 0.05) is 23.9 Å². The van der Waals surface area contributed by atoms with Crippen molar-refractivity contribution in [2.75, 3.05) is 11.5 Å². The standard InChI is InChI=1S/C17H20N2O2S/c20-17(19-11-16-5-2-7-21-16)14-4-1-3-13(9-14)10-18-15-6-8-22-12-15/h1-5,7,9,15,18H,6,8,10-12H2,(H,19,20)/t15-/m1/s1. The number of amides is 1. The van der Waals surface area contributed by atoms with Crippen LogP contribution in [0.2, 0.25) is 0 Å². The van der Waals surface area contributed by atoms with Crippen LogP contribution in [-0.2, 0) is 13.1 Å². The Kier molecular flexibility index (Phi) is 5.19. The minimum Gasteiger partial charge on any atom is -0.467 e. The average Bonchev–Trinajstić information content (AvgIpc) is 3.24. The number of benzene rings is 1. The van der Waals surface area contributed by atoms with Crippen molar-refractivity contribution in [3.05, 3.63) is 59.5 Å². The molecule has 0 saturated carbocycles. The van der Waals surface area contributed by atoms with Gasteiger partial charge in [0.1, 0.15) is 5.76 Å². The normalized spacial score (nSPS) is 17.5. The number of thioether (sulfide) groups is 1. The van der Waals surface area contributed by atoms with Crippen LogP contribution >= 0.6 is 11.8 Å². The fourth-order valence-electron chi connectivity index (χ4n) is 2.46. The smallest absolute Gasteiger partial charge is 0.251 e. The fraction of sp³-hybridized carbons (Fsp3) is 0.353. The Labute approximate surface area is 134 Å². The molecule has 1 aromatic carbocycles. The summed E-state index contributed by atoms with van der Waals surface area (Å²) in [6.07, 6.45) is 2.84. The summed E-state index contributed by atoms with van der Waals surface area (Å²) in [5, 5.41) is 6.42. The van der Waals surface area contributed by atoms with Gasteiger partial charge >= 0.3 is 0 Å². The summed E-state index contributed by atoms with van der Waals surface area (Å²) in [5.41, 5.74) is 1.83. The highest BCUT2D eigenvalue weighted by atomic mass is 32.2. The van der Waals surface area contributed by atoms with Gasteiger partial charge in [0.25, 0.3) is 5.91 Å². The van der Waals surface area contributed by atoms with Crippen LogP contribution in [0.25, 0.3) is 0 Å². The van der Waals surface area contributed by atoms with Crippen LogP contribution in [-0.4, -0.2) is 23.5 Å². The molecule has 0 radical (unpaired) electrons. The number of hydrogen-bond acceptors (Lipinski definition) is 4. The number of rotatable bonds is 6. The molecule has 2 aromatic rings. The molecule has 1 amide bonds. The Balaban J connectivity index is 1.54. The van der Waals surface area contributed by atoms with Crippen LogP contribution in [0.15, 0.2) is 47.1 Å². The maximum absolute atomic E-state index is 12.2. The van der Waals surface area contributed by atoms with E-state index in [0.29, 0.717) is 18.2 Å². The highest BCUT2D eigenvalue weighted by Gasteiger charge is 2.14. The van der Waals surface area contributed by atoms with E-state index in [4.69, 9.17) is 4.42 Å². The molecular formula is C17H20N2O2S. The largest absolute Gasteiger partial charge is 0.467 e. The number of carbonyl (C=O) groups is 1. The van der Waals surface area contributed by atoms with E-state index < -0.39 is 0 Å². The quantitative estimate of drug-likeness (QED) is 0.860. The first kappa shape index (κ1) is 15.2. The molecule has 116 valence electrons. The summed E-state index contributed by atoms with van der Waals surface area (Å²) in [4.78, 5) is 12.2. The molecule has 22 heavy (non-hydrogen) atoms. The number of carbonyl (C=O) groups excluding carboxylic acids is 1. The third kappa shape index (κ3) is 4.15. The van der Waals surface area contributed by atoms with E-state index in [1.165, 1.54) is 17.9 Å². The SMILES string of the molecule is O=C(NCc1ccco1)c1cccc(CN[C@@H]2CCSC2)c1. The molecule has 3 rings (SSSR count). The Bertz CT molecular complexity index is 607. The molecule has 1 fully saturated rings. The molecule has 1 aliphatic rings. The number of furan rings is 1. The van der Waals surface area contributed by atoms with Crippen LogP contribution in [0.4, 0.5) is 0 Å². The van der Waals surface area contributed by atoms with Gasteiger partial charge in [-0.05, 0) is 42.0 Å². The van der Waals surface area contributed by atoms with Gasteiger partial charge in [-0.25, -0.2) is 0 Å². The van der Waals surface area contributed by atoms with Crippen molar-refractivity contribution in [3.8, 4) is 0 Å². The molecule has 1 aromatic heterocycles. The van der Waals surface area contributed by atoms with Crippen LogP contribution in [0.5, 0.6) is 0 Å². The van der Waals surface area contributed by atoms with Gasteiger partial charge in [-0.2, -0.15) is 11.8 Å². The minimum atomic E-state index is -0.0744. The molecule has 5 heteroatoms. The first-order chi connectivity index (χ1) is 10.8. The first-order valence-electron chi connectivity index (χ1n) is 7.52. The van der Waals surface area contributed by atoms with Crippen molar-refractivity contribution in [3.63, 3.8) is 0 Å². The molecule has 1 aliphatic heterocycles. The summed E-state index contributed by atoms with van der Waals surface area (Å²) in [6, 6.07) is 12.0. The number of hydrogen-bond donors (Lipinski definition) is 2. The Morgan fingerprint density at radius 1 is 1.27 bits per heavy atom. The molecule has 2 N–H and O–H groups in total. The predicted molar refractivity (Wildman–Crippen MR) is 88.9 cm³/mol. The molecule has 2 heterocycles. The van der Waals surface area contributed by atoms with Crippen molar-refractivity contribution in [2.24, 2.45) is 0 Å². The molecule has 1 atom stereocenters. The topological polar surface area (TPSA) is 54.3 Å².